The van der Waals surface area contributed by atoms with E-state index in [9.17, 15) is 9.90 Å². The summed E-state index contributed by atoms with van der Waals surface area (Å²) in [5, 5.41) is 10.2. The van der Waals surface area contributed by atoms with E-state index in [1.165, 1.54) is 7.11 Å². The highest BCUT2D eigenvalue weighted by Gasteiger charge is 2.26. The quantitative estimate of drug-likeness (QED) is 0.842. The molecule has 94 valence electrons. The number of aryl methyl sites for hydroxylation is 1. The highest BCUT2D eigenvalue weighted by atomic mass is 35.5. The van der Waals surface area contributed by atoms with E-state index in [-0.39, 0.29) is 17.2 Å². The van der Waals surface area contributed by atoms with Gasteiger partial charge in [-0.2, -0.15) is 0 Å². The molecule has 4 nitrogen and oxygen atoms in total. The number of aliphatic hydroxyl groups is 1. The molecular weight excluding hydrogens is 244 g/mol. The Morgan fingerprint density at radius 3 is 2.71 bits per heavy atom. The fourth-order valence-electron chi connectivity index (χ4n) is 1.55. The second kappa shape index (κ2) is 5.89. The average Bonchev–Trinajstić information content (AvgIpc) is 2.31. The number of benzene rings is 1. The largest absolute Gasteiger partial charge is 0.496 e. The van der Waals surface area contributed by atoms with Crippen LogP contribution in [0.4, 0.5) is 0 Å². The molecule has 0 aromatic heterocycles. The molecule has 0 saturated carbocycles. The number of hydrogen-bond acceptors (Lipinski definition) is 4. The van der Waals surface area contributed by atoms with Gasteiger partial charge in [0.2, 0.25) is 0 Å². The van der Waals surface area contributed by atoms with E-state index in [0.717, 1.165) is 5.56 Å². The zero-order chi connectivity index (χ0) is 13.0. The fourth-order valence-corrected chi connectivity index (χ4v) is 1.80. The van der Waals surface area contributed by atoms with E-state index in [2.05, 4.69) is 0 Å². The summed E-state index contributed by atoms with van der Waals surface area (Å²) in [5.74, 6) is -0.337. The lowest BCUT2D eigenvalue weighted by molar-refractivity contribution is -0.153. The van der Waals surface area contributed by atoms with Crippen LogP contribution < -0.4 is 4.74 Å². The minimum Gasteiger partial charge on any atom is -0.496 e. The van der Waals surface area contributed by atoms with Gasteiger partial charge in [0.25, 0.3) is 0 Å². The van der Waals surface area contributed by atoms with Gasteiger partial charge in [-0.25, -0.2) is 4.79 Å². The Morgan fingerprint density at radius 2 is 2.18 bits per heavy atom. The topological polar surface area (TPSA) is 55.8 Å². The molecule has 1 atom stereocenters. The van der Waals surface area contributed by atoms with Crippen molar-refractivity contribution in [1.82, 2.24) is 0 Å². The maximum absolute atomic E-state index is 11.5. The van der Waals surface area contributed by atoms with Crippen LogP contribution in [-0.2, 0) is 9.53 Å². The molecule has 0 amide bonds. The minimum atomic E-state index is -1.43. The van der Waals surface area contributed by atoms with Gasteiger partial charge in [0.05, 0.1) is 24.3 Å². The third-order valence-electron chi connectivity index (χ3n) is 2.33. The first-order valence-electron chi connectivity index (χ1n) is 5.20. The van der Waals surface area contributed by atoms with Crippen LogP contribution in [0.25, 0.3) is 0 Å². The average molecular weight is 259 g/mol. The van der Waals surface area contributed by atoms with Gasteiger partial charge in [0, 0.05) is 0 Å². The van der Waals surface area contributed by atoms with Gasteiger partial charge in [-0.05, 0) is 25.5 Å². The van der Waals surface area contributed by atoms with Crippen LogP contribution in [0.3, 0.4) is 0 Å². The second-order valence-corrected chi connectivity index (χ2v) is 3.87. The molecule has 1 aromatic rings. The number of ether oxygens (including phenoxy) is 2. The monoisotopic (exact) mass is 258 g/mol. The van der Waals surface area contributed by atoms with Gasteiger partial charge in [0.1, 0.15) is 5.75 Å². The third-order valence-corrected chi connectivity index (χ3v) is 2.66. The molecule has 5 heteroatoms. The second-order valence-electron chi connectivity index (χ2n) is 3.47. The van der Waals surface area contributed by atoms with E-state index in [1.54, 1.807) is 26.0 Å². The normalized spacial score (nSPS) is 12.1. The smallest absolute Gasteiger partial charge is 0.339 e. The van der Waals surface area contributed by atoms with Crippen molar-refractivity contribution in [2.24, 2.45) is 0 Å². The third kappa shape index (κ3) is 2.90. The summed E-state index contributed by atoms with van der Waals surface area (Å²) < 4.78 is 9.90. The molecule has 17 heavy (non-hydrogen) atoms. The van der Waals surface area contributed by atoms with Crippen molar-refractivity contribution in [3.63, 3.8) is 0 Å². The van der Waals surface area contributed by atoms with Crippen molar-refractivity contribution < 1.29 is 19.4 Å². The lowest BCUT2D eigenvalue weighted by Gasteiger charge is -2.17. The number of rotatable bonds is 4. The molecule has 0 saturated heterocycles. The fraction of sp³-hybridized carbons (Fsp3) is 0.417. The number of methoxy groups -OCH3 is 1. The standard InChI is InChI=1S/C12H15ClO4/c1-4-17-12(15)10(14)9-8(13)6-5-7(2)11(9)16-3/h5-6,10,14H,4H2,1-3H3. The van der Waals surface area contributed by atoms with E-state index in [1.807, 2.05) is 0 Å². The van der Waals surface area contributed by atoms with Crippen molar-refractivity contribution >= 4 is 17.6 Å². The first-order chi connectivity index (χ1) is 8.02. The molecule has 1 N–H and O–H groups in total. The Labute approximate surface area is 105 Å². The lowest BCUT2D eigenvalue weighted by Crippen LogP contribution is -2.17. The zero-order valence-corrected chi connectivity index (χ0v) is 10.7. The summed E-state index contributed by atoms with van der Waals surface area (Å²) >= 11 is 5.97. The van der Waals surface area contributed by atoms with Gasteiger partial charge < -0.3 is 14.6 Å². The van der Waals surface area contributed by atoms with Crippen LogP contribution in [0.2, 0.25) is 5.02 Å². The summed E-state index contributed by atoms with van der Waals surface area (Å²) in [4.78, 5) is 11.5. The Morgan fingerprint density at radius 1 is 1.53 bits per heavy atom. The van der Waals surface area contributed by atoms with E-state index in [0.29, 0.717) is 5.75 Å². The summed E-state index contributed by atoms with van der Waals surface area (Å²) in [6.45, 7) is 3.66. The number of esters is 1. The van der Waals surface area contributed by atoms with Gasteiger partial charge >= 0.3 is 5.97 Å². The molecular formula is C12H15ClO4. The van der Waals surface area contributed by atoms with E-state index in [4.69, 9.17) is 21.1 Å². The molecule has 1 rings (SSSR count). The molecule has 0 fully saturated rings. The van der Waals surface area contributed by atoms with Crippen LogP contribution in [0.5, 0.6) is 5.75 Å². The predicted molar refractivity (Wildman–Crippen MR) is 64.3 cm³/mol. The highest BCUT2D eigenvalue weighted by Crippen LogP contribution is 2.35. The van der Waals surface area contributed by atoms with Crippen molar-refractivity contribution in [1.29, 1.82) is 0 Å². The number of halogens is 1. The Hall–Kier alpha value is -1.26. The van der Waals surface area contributed by atoms with Gasteiger partial charge in [0.15, 0.2) is 6.10 Å². The van der Waals surface area contributed by atoms with Gasteiger partial charge in [-0.15, -0.1) is 0 Å². The van der Waals surface area contributed by atoms with Crippen molar-refractivity contribution in [2.45, 2.75) is 20.0 Å². The molecule has 0 heterocycles. The number of carbonyl (C=O) groups excluding carboxylic acids is 1. The van der Waals surface area contributed by atoms with Crippen LogP contribution in [0, 0.1) is 6.92 Å². The van der Waals surface area contributed by atoms with Gasteiger partial charge in [-0.3, -0.25) is 0 Å². The van der Waals surface area contributed by atoms with Crippen LogP contribution in [0.15, 0.2) is 12.1 Å². The van der Waals surface area contributed by atoms with Crippen LogP contribution >= 0.6 is 11.6 Å². The summed E-state index contributed by atoms with van der Waals surface area (Å²) in [6.07, 6.45) is -1.43. The summed E-state index contributed by atoms with van der Waals surface area (Å²) in [5.41, 5.74) is 1.03. The predicted octanol–water partition coefficient (Wildman–Crippen LogP) is 2.25. The molecule has 1 unspecified atom stereocenters. The Balaban J connectivity index is 3.20. The number of aliphatic hydroxyl groups excluding tert-OH is 1. The van der Waals surface area contributed by atoms with Crippen LogP contribution in [-0.4, -0.2) is 24.8 Å². The maximum Gasteiger partial charge on any atom is 0.339 e. The highest BCUT2D eigenvalue weighted by molar-refractivity contribution is 6.31. The van der Waals surface area contributed by atoms with Crippen molar-refractivity contribution in [2.75, 3.05) is 13.7 Å². The Kier molecular flexibility index (Phi) is 4.78. The molecule has 1 aromatic carbocycles. The number of carbonyl (C=O) groups is 1. The van der Waals surface area contributed by atoms with E-state index >= 15 is 0 Å². The lowest BCUT2D eigenvalue weighted by atomic mass is 10.0. The van der Waals surface area contributed by atoms with E-state index < -0.39 is 12.1 Å². The first-order valence-corrected chi connectivity index (χ1v) is 5.58. The molecule has 0 aliphatic heterocycles. The zero-order valence-electron chi connectivity index (χ0n) is 9.99. The molecule has 0 spiro atoms. The molecule has 0 bridgehead atoms. The summed E-state index contributed by atoms with van der Waals surface area (Å²) in [6, 6.07) is 3.36. The molecule has 0 radical (unpaired) electrons. The summed E-state index contributed by atoms with van der Waals surface area (Å²) in [7, 11) is 1.46. The SMILES string of the molecule is CCOC(=O)C(O)c1c(Cl)ccc(C)c1OC. The van der Waals surface area contributed by atoms with Crippen molar-refractivity contribution in [3.05, 3.63) is 28.3 Å². The first kappa shape index (κ1) is 13.8. The molecule has 0 aliphatic rings. The van der Waals surface area contributed by atoms with Crippen LogP contribution in [0.1, 0.15) is 24.2 Å². The maximum atomic E-state index is 11.5. The minimum absolute atomic E-state index is 0.196. The van der Waals surface area contributed by atoms with Gasteiger partial charge in [-0.1, -0.05) is 17.7 Å². The molecule has 0 aliphatic carbocycles. The number of hydrogen-bond donors (Lipinski definition) is 1. The Bertz CT molecular complexity index is 417. The van der Waals surface area contributed by atoms with Crippen molar-refractivity contribution in [3.8, 4) is 5.75 Å².